The van der Waals surface area contributed by atoms with Gasteiger partial charge in [-0.3, -0.25) is 9.59 Å². The summed E-state index contributed by atoms with van der Waals surface area (Å²) in [6.07, 6.45) is 4.30. The molecule has 0 saturated carbocycles. The quantitative estimate of drug-likeness (QED) is 0.679. The van der Waals surface area contributed by atoms with E-state index in [9.17, 15) is 14.0 Å². The summed E-state index contributed by atoms with van der Waals surface area (Å²) >= 11 is 1.35. The van der Waals surface area contributed by atoms with Gasteiger partial charge >= 0.3 is 0 Å². The number of nitrogens with zero attached hydrogens (tertiary/aromatic N) is 2. The van der Waals surface area contributed by atoms with E-state index in [0.29, 0.717) is 36.0 Å². The molecule has 1 aliphatic heterocycles. The number of amides is 2. The van der Waals surface area contributed by atoms with Crippen molar-refractivity contribution in [1.82, 2.24) is 15.2 Å². The Balaban J connectivity index is 1.55. The molecule has 1 aromatic carbocycles. The molecule has 1 fully saturated rings. The highest BCUT2D eigenvalue weighted by Crippen LogP contribution is 2.30. The van der Waals surface area contributed by atoms with Gasteiger partial charge in [-0.1, -0.05) is 13.3 Å². The summed E-state index contributed by atoms with van der Waals surface area (Å²) in [5.41, 5.74) is 1.52. The minimum Gasteiger partial charge on any atom is -0.356 e. The van der Waals surface area contributed by atoms with Crippen LogP contribution in [0.5, 0.6) is 0 Å². The molecule has 2 aromatic rings. The van der Waals surface area contributed by atoms with Crippen molar-refractivity contribution in [3.05, 3.63) is 40.7 Å². The summed E-state index contributed by atoms with van der Waals surface area (Å²) in [7, 11) is 0. The highest BCUT2D eigenvalue weighted by molar-refractivity contribution is 7.17. The predicted molar refractivity (Wildman–Crippen MR) is 113 cm³/mol. The first-order valence-corrected chi connectivity index (χ1v) is 11.1. The van der Waals surface area contributed by atoms with Gasteiger partial charge in [0, 0.05) is 31.6 Å². The fraction of sp³-hybridized carbons (Fsp3) is 0.500. The maximum Gasteiger partial charge on any atom is 0.265 e. The fourth-order valence-corrected chi connectivity index (χ4v) is 4.57. The number of aryl methyl sites for hydroxylation is 1. The Morgan fingerprint density at radius 1 is 1.24 bits per heavy atom. The van der Waals surface area contributed by atoms with Crippen LogP contribution in [0.1, 0.15) is 54.4 Å². The van der Waals surface area contributed by atoms with Crippen molar-refractivity contribution in [3.63, 3.8) is 0 Å². The van der Waals surface area contributed by atoms with E-state index in [-0.39, 0.29) is 17.6 Å². The van der Waals surface area contributed by atoms with E-state index in [0.717, 1.165) is 42.8 Å². The summed E-state index contributed by atoms with van der Waals surface area (Å²) in [4.78, 5) is 32.0. The monoisotopic (exact) mass is 417 g/mol. The minimum atomic E-state index is -0.291. The van der Waals surface area contributed by atoms with Gasteiger partial charge in [0.2, 0.25) is 5.91 Å². The molecule has 3 rings (SSSR count). The van der Waals surface area contributed by atoms with Crippen LogP contribution in [0, 0.1) is 18.7 Å². The molecular formula is C22H28FN3O2S. The van der Waals surface area contributed by atoms with Gasteiger partial charge in [0.1, 0.15) is 15.7 Å². The topological polar surface area (TPSA) is 62.3 Å². The first-order valence-electron chi connectivity index (χ1n) is 10.3. The Labute approximate surface area is 175 Å². The molecule has 0 aliphatic carbocycles. The molecule has 1 aromatic heterocycles. The van der Waals surface area contributed by atoms with E-state index >= 15 is 0 Å². The highest BCUT2D eigenvalue weighted by atomic mass is 32.1. The van der Waals surface area contributed by atoms with Gasteiger partial charge in [0.25, 0.3) is 5.91 Å². The van der Waals surface area contributed by atoms with Crippen LogP contribution >= 0.6 is 11.3 Å². The molecule has 156 valence electrons. The molecule has 1 aliphatic rings. The van der Waals surface area contributed by atoms with Crippen molar-refractivity contribution in [2.75, 3.05) is 19.6 Å². The number of nitrogens with one attached hydrogen (secondary N) is 1. The second kappa shape index (κ2) is 9.96. The summed E-state index contributed by atoms with van der Waals surface area (Å²) in [5.74, 6) is 0.155. The van der Waals surface area contributed by atoms with Crippen molar-refractivity contribution in [3.8, 4) is 10.6 Å². The smallest absolute Gasteiger partial charge is 0.265 e. The molecule has 2 heterocycles. The summed E-state index contributed by atoms with van der Waals surface area (Å²) < 4.78 is 13.1. The maximum absolute atomic E-state index is 13.1. The van der Waals surface area contributed by atoms with E-state index in [1.165, 1.54) is 23.5 Å². The second-order valence-electron chi connectivity index (χ2n) is 7.58. The molecule has 5 nitrogen and oxygen atoms in total. The summed E-state index contributed by atoms with van der Waals surface area (Å²) in [6, 6.07) is 6.16. The van der Waals surface area contributed by atoms with Crippen LogP contribution in [-0.2, 0) is 4.79 Å². The molecule has 1 saturated heterocycles. The van der Waals surface area contributed by atoms with Crippen molar-refractivity contribution in [1.29, 1.82) is 0 Å². The zero-order valence-corrected chi connectivity index (χ0v) is 17.9. The molecule has 2 amide bonds. The van der Waals surface area contributed by atoms with E-state index in [1.54, 1.807) is 12.1 Å². The average Bonchev–Trinajstić information content (AvgIpc) is 3.10. The van der Waals surface area contributed by atoms with Gasteiger partial charge in [-0.15, -0.1) is 11.3 Å². The summed E-state index contributed by atoms with van der Waals surface area (Å²) in [6.45, 7) is 6.01. The third-order valence-electron chi connectivity index (χ3n) is 5.31. The van der Waals surface area contributed by atoms with Gasteiger partial charge in [-0.05, 0) is 56.4 Å². The predicted octanol–water partition coefficient (Wildman–Crippen LogP) is 4.42. The van der Waals surface area contributed by atoms with Gasteiger partial charge in [-0.25, -0.2) is 9.37 Å². The number of thiazole rings is 1. The first-order chi connectivity index (χ1) is 14.0. The van der Waals surface area contributed by atoms with Crippen LogP contribution < -0.4 is 5.32 Å². The molecular weight excluding hydrogens is 389 g/mol. The lowest BCUT2D eigenvalue weighted by Crippen LogP contribution is -2.39. The number of halogens is 1. The number of aromatic nitrogens is 1. The second-order valence-corrected chi connectivity index (χ2v) is 8.58. The zero-order valence-electron chi connectivity index (χ0n) is 17.0. The molecule has 0 bridgehead atoms. The van der Waals surface area contributed by atoms with Crippen molar-refractivity contribution in [2.24, 2.45) is 5.92 Å². The number of piperidine rings is 1. The van der Waals surface area contributed by atoms with Gasteiger partial charge in [0.05, 0.1) is 5.69 Å². The largest absolute Gasteiger partial charge is 0.356 e. The Morgan fingerprint density at radius 3 is 2.59 bits per heavy atom. The zero-order chi connectivity index (χ0) is 20.8. The van der Waals surface area contributed by atoms with E-state index in [1.807, 2.05) is 11.8 Å². The van der Waals surface area contributed by atoms with Crippen molar-refractivity contribution in [2.45, 2.75) is 46.0 Å². The highest BCUT2D eigenvalue weighted by Gasteiger charge is 2.27. The molecule has 0 spiro atoms. The van der Waals surface area contributed by atoms with Crippen LogP contribution in [0.15, 0.2) is 24.3 Å². The van der Waals surface area contributed by atoms with E-state index < -0.39 is 0 Å². The first kappa shape index (κ1) is 21.4. The molecule has 1 N–H and O–H groups in total. The minimum absolute atomic E-state index is 0.000732. The lowest BCUT2D eigenvalue weighted by Gasteiger charge is -2.31. The van der Waals surface area contributed by atoms with Crippen LogP contribution in [0.25, 0.3) is 10.6 Å². The van der Waals surface area contributed by atoms with Crippen molar-refractivity contribution >= 4 is 23.2 Å². The Bertz CT molecular complexity index is 842. The van der Waals surface area contributed by atoms with Gasteiger partial charge < -0.3 is 10.2 Å². The van der Waals surface area contributed by atoms with Crippen molar-refractivity contribution < 1.29 is 14.0 Å². The average molecular weight is 418 g/mol. The SMILES string of the molecule is CCCCNC(=O)CC1CCN(C(=O)c2sc(-c3ccc(F)cc3)nc2C)CC1. The number of carbonyl (C=O) groups excluding carboxylic acids is 2. The number of rotatable bonds is 7. The third-order valence-corrected chi connectivity index (χ3v) is 6.50. The lowest BCUT2D eigenvalue weighted by molar-refractivity contribution is -0.122. The number of unbranched alkanes of at least 4 members (excludes halogenated alkanes) is 1. The summed E-state index contributed by atoms with van der Waals surface area (Å²) in [5, 5.41) is 3.70. The van der Waals surface area contributed by atoms with Crippen LogP contribution in [-0.4, -0.2) is 41.3 Å². The maximum atomic E-state index is 13.1. The lowest BCUT2D eigenvalue weighted by atomic mass is 9.93. The number of likely N-dealkylation sites (tertiary alicyclic amines) is 1. The normalized spacial score (nSPS) is 14.8. The van der Waals surface area contributed by atoms with Crippen LogP contribution in [0.3, 0.4) is 0 Å². The number of hydrogen-bond acceptors (Lipinski definition) is 4. The fourth-order valence-electron chi connectivity index (χ4n) is 3.53. The van der Waals surface area contributed by atoms with E-state index in [4.69, 9.17) is 0 Å². The molecule has 29 heavy (non-hydrogen) atoms. The number of carbonyl (C=O) groups is 2. The number of benzene rings is 1. The van der Waals surface area contributed by atoms with Gasteiger partial charge in [-0.2, -0.15) is 0 Å². The van der Waals surface area contributed by atoms with Gasteiger partial charge in [0.15, 0.2) is 0 Å². The van der Waals surface area contributed by atoms with Crippen LogP contribution in [0.4, 0.5) is 4.39 Å². The number of hydrogen-bond donors (Lipinski definition) is 1. The molecule has 7 heteroatoms. The van der Waals surface area contributed by atoms with E-state index in [2.05, 4.69) is 17.2 Å². The molecule has 0 unspecified atom stereocenters. The Kier molecular flexibility index (Phi) is 7.36. The molecule has 0 radical (unpaired) electrons. The van der Waals surface area contributed by atoms with Crippen LogP contribution in [0.2, 0.25) is 0 Å². The Morgan fingerprint density at radius 2 is 1.93 bits per heavy atom. The molecule has 0 atom stereocenters. The standard InChI is InChI=1S/C22H28FN3O2S/c1-3-4-11-24-19(27)14-16-9-12-26(13-10-16)22(28)20-15(2)25-21(29-20)17-5-7-18(23)8-6-17/h5-8,16H,3-4,9-14H2,1-2H3,(H,24,27). The Hall–Kier alpha value is -2.28. The third kappa shape index (κ3) is 5.63.